The number of carbonyl (C=O) groups is 1. The summed E-state index contributed by atoms with van der Waals surface area (Å²) in [5.74, 6) is -0.225. The number of esters is 1. The van der Waals surface area contributed by atoms with Crippen molar-refractivity contribution in [2.24, 2.45) is 0 Å². The maximum atomic E-state index is 12.6. The van der Waals surface area contributed by atoms with Gasteiger partial charge in [-0.25, -0.2) is 13.1 Å². The molecule has 0 aliphatic rings. The molecule has 2 aromatic heterocycles. The van der Waals surface area contributed by atoms with Crippen molar-refractivity contribution in [1.29, 1.82) is 0 Å². The van der Waals surface area contributed by atoms with E-state index in [1.165, 1.54) is 28.9 Å². The molecule has 0 unspecified atom stereocenters. The number of hydrogen-bond donors (Lipinski definition) is 1. The monoisotopic (exact) mass is 375 g/mol. The highest BCUT2D eigenvalue weighted by Gasteiger charge is 2.20. The van der Waals surface area contributed by atoms with Crippen molar-refractivity contribution in [1.82, 2.24) is 19.6 Å². The Hall–Kier alpha value is -3.14. The molecule has 0 radical (unpaired) electrons. The van der Waals surface area contributed by atoms with Crippen LogP contribution in [0.15, 0.2) is 53.7 Å². The lowest BCUT2D eigenvalue weighted by Crippen LogP contribution is -2.16. The largest absolute Gasteiger partial charge is 0.468 e. The molecule has 0 aliphatic carbocycles. The second-order valence-corrected chi connectivity index (χ2v) is 7.16. The fourth-order valence-electron chi connectivity index (χ4n) is 2.30. The number of methoxy groups -OCH3 is 1. The normalized spacial score (nSPS) is 11.3. The Morgan fingerprint density at radius 1 is 1.27 bits per heavy atom. The third kappa shape index (κ3) is 3.75. The van der Waals surface area contributed by atoms with Crippen LogP contribution in [0, 0.1) is 6.92 Å². The van der Waals surface area contributed by atoms with E-state index in [0.29, 0.717) is 11.5 Å². The number of rotatable bonds is 6. The summed E-state index contributed by atoms with van der Waals surface area (Å²) >= 11 is 0. The number of carbonyl (C=O) groups excluding carboxylic acids is 1. The van der Waals surface area contributed by atoms with Gasteiger partial charge in [0.1, 0.15) is 17.3 Å². The molecule has 1 N–H and O–H groups in total. The summed E-state index contributed by atoms with van der Waals surface area (Å²) in [6.45, 7) is 1.60. The molecule has 136 valence electrons. The van der Waals surface area contributed by atoms with Crippen LogP contribution in [-0.2, 0) is 26.1 Å². The molecule has 0 fully saturated rings. The smallest absolute Gasteiger partial charge is 0.327 e. The summed E-state index contributed by atoms with van der Waals surface area (Å²) in [4.78, 5) is 11.2. The van der Waals surface area contributed by atoms with E-state index in [-0.39, 0.29) is 11.4 Å². The van der Waals surface area contributed by atoms with Crippen LogP contribution in [0.25, 0.3) is 5.69 Å². The predicted octanol–water partition coefficient (Wildman–Crippen LogP) is 1.35. The Bertz CT molecular complexity index is 1020. The number of para-hydroxylation sites is 1. The van der Waals surface area contributed by atoms with Gasteiger partial charge in [0.2, 0.25) is 0 Å². The van der Waals surface area contributed by atoms with Gasteiger partial charge in [-0.1, -0.05) is 18.2 Å². The van der Waals surface area contributed by atoms with Crippen molar-refractivity contribution in [3.8, 4) is 5.69 Å². The fourth-order valence-corrected chi connectivity index (χ4v) is 3.29. The van der Waals surface area contributed by atoms with Crippen LogP contribution < -0.4 is 4.72 Å². The maximum Gasteiger partial charge on any atom is 0.327 e. The molecule has 0 amide bonds. The number of nitrogens with one attached hydrogen (secondary N) is 1. The van der Waals surface area contributed by atoms with E-state index in [1.54, 1.807) is 13.0 Å². The van der Waals surface area contributed by atoms with Crippen molar-refractivity contribution in [3.05, 3.63) is 54.5 Å². The summed E-state index contributed by atoms with van der Waals surface area (Å²) in [5.41, 5.74) is 1.38. The van der Waals surface area contributed by atoms with E-state index in [0.717, 1.165) is 5.69 Å². The third-order valence-corrected chi connectivity index (χ3v) is 4.82. The number of aromatic nitrogens is 4. The highest BCUT2D eigenvalue weighted by atomic mass is 32.2. The summed E-state index contributed by atoms with van der Waals surface area (Å²) in [6, 6.07) is 10.8. The van der Waals surface area contributed by atoms with E-state index in [9.17, 15) is 13.2 Å². The zero-order chi connectivity index (χ0) is 18.7. The van der Waals surface area contributed by atoms with Gasteiger partial charge in [0.15, 0.2) is 0 Å². The second kappa shape index (κ2) is 7.00. The maximum absolute atomic E-state index is 12.6. The number of hydrogen-bond acceptors (Lipinski definition) is 6. The Kier molecular flexibility index (Phi) is 4.76. The predicted molar refractivity (Wildman–Crippen MR) is 93.4 cm³/mol. The van der Waals surface area contributed by atoms with Crippen LogP contribution in [0.5, 0.6) is 0 Å². The number of benzene rings is 1. The van der Waals surface area contributed by atoms with Gasteiger partial charge in [-0.3, -0.25) is 14.2 Å². The van der Waals surface area contributed by atoms with Crippen LogP contribution >= 0.6 is 0 Å². The molecule has 1 aromatic carbocycles. The van der Waals surface area contributed by atoms with Gasteiger partial charge in [0.05, 0.1) is 24.7 Å². The van der Waals surface area contributed by atoms with Crippen LogP contribution in [0.3, 0.4) is 0 Å². The molecular weight excluding hydrogens is 358 g/mol. The lowest BCUT2D eigenvalue weighted by molar-refractivity contribution is -0.141. The van der Waals surface area contributed by atoms with Crippen LogP contribution in [0.4, 0.5) is 5.82 Å². The molecular formula is C16H17N5O4S. The zero-order valence-electron chi connectivity index (χ0n) is 14.2. The topological polar surface area (TPSA) is 108 Å². The van der Waals surface area contributed by atoms with Crippen LogP contribution in [-0.4, -0.2) is 41.1 Å². The quantitative estimate of drug-likeness (QED) is 0.652. The van der Waals surface area contributed by atoms with E-state index in [1.807, 2.05) is 30.3 Å². The highest BCUT2D eigenvalue weighted by molar-refractivity contribution is 7.92. The van der Waals surface area contributed by atoms with Crippen molar-refractivity contribution in [2.75, 3.05) is 11.8 Å². The summed E-state index contributed by atoms with van der Waals surface area (Å²) in [7, 11) is -2.65. The summed E-state index contributed by atoms with van der Waals surface area (Å²) in [6.07, 6.45) is 2.43. The third-order valence-electron chi connectivity index (χ3n) is 3.51. The Morgan fingerprint density at radius 3 is 2.69 bits per heavy atom. The van der Waals surface area contributed by atoms with Gasteiger partial charge >= 0.3 is 5.97 Å². The molecule has 0 saturated carbocycles. The van der Waals surface area contributed by atoms with Gasteiger partial charge in [-0.2, -0.15) is 10.2 Å². The lowest BCUT2D eigenvalue weighted by Gasteiger charge is -2.09. The van der Waals surface area contributed by atoms with Crippen LogP contribution in [0.2, 0.25) is 0 Å². The summed E-state index contributed by atoms with van der Waals surface area (Å²) < 4.78 is 35.0. The van der Waals surface area contributed by atoms with Crippen LogP contribution in [0.1, 0.15) is 5.69 Å². The molecule has 0 spiro atoms. The zero-order valence-corrected chi connectivity index (χ0v) is 15.0. The molecule has 0 bridgehead atoms. The molecule has 26 heavy (non-hydrogen) atoms. The Morgan fingerprint density at radius 2 is 2.00 bits per heavy atom. The van der Waals surface area contributed by atoms with Gasteiger partial charge in [0.25, 0.3) is 10.0 Å². The van der Waals surface area contributed by atoms with Crippen molar-refractivity contribution in [3.63, 3.8) is 0 Å². The van der Waals surface area contributed by atoms with E-state index >= 15 is 0 Å². The molecule has 2 heterocycles. The van der Waals surface area contributed by atoms with Crippen molar-refractivity contribution in [2.45, 2.75) is 18.4 Å². The van der Waals surface area contributed by atoms with Crippen molar-refractivity contribution >= 4 is 21.8 Å². The molecule has 3 rings (SSSR count). The minimum absolute atomic E-state index is 0.0696. The van der Waals surface area contributed by atoms with Gasteiger partial charge in [-0.05, 0) is 19.1 Å². The average Bonchev–Trinajstić information content (AvgIpc) is 3.22. The molecule has 3 aromatic rings. The molecule has 0 saturated heterocycles. The number of nitrogens with zero attached hydrogens (tertiary/aromatic N) is 4. The standard InChI is InChI=1S/C16H17N5O4S/c1-12-8-15(21(18-12)13-6-4-3-5-7-13)19-26(23,24)14-9-17-20(10-14)11-16(22)25-2/h3-10,19H,11H2,1-2H3. The van der Waals surface area contributed by atoms with E-state index in [2.05, 4.69) is 19.7 Å². The van der Waals surface area contributed by atoms with E-state index < -0.39 is 16.0 Å². The molecule has 10 heteroatoms. The molecule has 0 atom stereocenters. The first-order chi connectivity index (χ1) is 12.4. The second-order valence-electron chi connectivity index (χ2n) is 5.47. The SMILES string of the molecule is COC(=O)Cn1cc(S(=O)(=O)Nc2cc(C)nn2-c2ccccc2)cn1. The molecule has 9 nitrogen and oxygen atoms in total. The number of anilines is 1. The Labute approximate surface area is 150 Å². The average molecular weight is 375 g/mol. The van der Waals surface area contributed by atoms with Crippen molar-refractivity contribution < 1.29 is 17.9 Å². The Balaban J connectivity index is 1.88. The van der Waals surface area contributed by atoms with Gasteiger partial charge in [0, 0.05) is 12.3 Å². The first kappa shape index (κ1) is 17.7. The van der Waals surface area contributed by atoms with E-state index in [4.69, 9.17) is 0 Å². The van der Waals surface area contributed by atoms with Gasteiger partial charge < -0.3 is 4.74 Å². The minimum atomic E-state index is -3.90. The first-order valence-corrected chi connectivity index (χ1v) is 9.11. The molecule has 0 aliphatic heterocycles. The highest BCUT2D eigenvalue weighted by Crippen LogP contribution is 2.20. The van der Waals surface area contributed by atoms with Gasteiger partial charge in [-0.15, -0.1) is 0 Å². The summed E-state index contributed by atoms with van der Waals surface area (Å²) in [5, 5.41) is 8.19. The number of sulfonamides is 1. The first-order valence-electron chi connectivity index (χ1n) is 7.63. The fraction of sp³-hybridized carbons (Fsp3) is 0.188. The minimum Gasteiger partial charge on any atom is -0.468 e. The number of aryl methyl sites for hydroxylation is 1. The number of ether oxygens (including phenoxy) is 1. The lowest BCUT2D eigenvalue weighted by atomic mass is 10.3.